The van der Waals surface area contributed by atoms with Crippen LogP contribution in [-0.2, 0) is 6.54 Å². The van der Waals surface area contributed by atoms with Crippen LogP contribution in [0.5, 0.6) is 0 Å². The molecule has 0 spiro atoms. The van der Waals surface area contributed by atoms with E-state index in [-0.39, 0.29) is 12.1 Å². The Balaban J connectivity index is 2.15. The highest BCUT2D eigenvalue weighted by molar-refractivity contribution is 5.22. The summed E-state index contributed by atoms with van der Waals surface area (Å²) in [4.78, 5) is 6.38. The zero-order valence-electron chi connectivity index (χ0n) is 12.5. The molecule has 0 amide bonds. The van der Waals surface area contributed by atoms with Crippen LogP contribution >= 0.6 is 0 Å². The van der Waals surface area contributed by atoms with Gasteiger partial charge in [-0.25, -0.2) is 0 Å². The van der Waals surface area contributed by atoms with Gasteiger partial charge in [0.1, 0.15) is 0 Å². The molecule has 106 valence electrons. The first kappa shape index (κ1) is 14.7. The number of aryl methyl sites for hydroxylation is 1. The molecule has 0 aliphatic carbocycles. The average Bonchev–Trinajstić information content (AvgIpc) is 2.42. The number of nitrogens with two attached hydrogens (primary N) is 1. The van der Waals surface area contributed by atoms with Crippen LogP contribution in [0.3, 0.4) is 0 Å². The first-order chi connectivity index (χ1) is 9.58. The minimum Gasteiger partial charge on any atom is -0.326 e. The number of aromatic nitrogens is 1. The zero-order valence-corrected chi connectivity index (χ0v) is 12.5. The minimum absolute atomic E-state index is 0.0628. The van der Waals surface area contributed by atoms with Gasteiger partial charge in [0, 0.05) is 31.0 Å². The second kappa shape index (κ2) is 6.64. The largest absolute Gasteiger partial charge is 0.326 e. The molecule has 2 unspecified atom stereocenters. The van der Waals surface area contributed by atoms with E-state index < -0.39 is 0 Å². The summed E-state index contributed by atoms with van der Waals surface area (Å²) in [5.41, 5.74) is 9.99. The highest BCUT2D eigenvalue weighted by Gasteiger charge is 2.21. The van der Waals surface area contributed by atoms with E-state index in [1.54, 1.807) is 0 Å². The van der Waals surface area contributed by atoms with Crippen LogP contribution in [0.4, 0.5) is 0 Å². The van der Waals surface area contributed by atoms with Crippen molar-refractivity contribution in [1.29, 1.82) is 0 Å². The quantitative estimate of drug-likeness (QED) is 0.907. The normalized spacial score (nSPS) is 14.2. The number of pyridine rings is 1. The van der Waals surface area contributed by atoms with E-state index >= 15 is 0 Å². The molecule has 2 atom stereocenters. The van der Waals surface area contributed by atoms with Crippen molar-refractivity contribution < 1.29 is 0 Å². The molecule has 1 aromatic heterocycles. The van der Waals surface area contributed by atoms with Gasteiger partial charge in [-0.15, -0.1) is 0 Å². The lowest BCUT2D eigenvalue weighted by atomic mass is 10.00. The number of benzene rings is 1. The van der Waals surface area contributed by atoms with Gasteiger partial charge in [0.2, 0.25) is 0 Å². The number of likely N-dealkylation sites (N-methyl/N-ethyl adjacent to an activating group) is 1. The van der Waals surface area contributed by atoms with Crippen molar-refractivity contribution in [2.45, 2.75) is 32.5 Å². The standard InChI is InChI=1S/C17H23N3/c1-13-4-6-15(7-5-13)12-20(3)17(14(2)18)16-8-10-19-11-9-16/h4-11,14,17H,12,18H2,1-3H3. The molecular weight excluding hydrogens is 246 g/mol. The highest BCUT2D eigenvalue weighted by atomic mass is 15.1. The van der Waals surface area contributed by atoms with Crippen LogP contribution in [0, 0.1) is 6.92 Å². The summed E-state index contributed by atoms with van der Waals surface area (Å²) in [5.74, 6) is 0. The topological polar surface area (TPSA) is 42.2 Å². The number of hydrogen-bond donors (Lipinski definition) is 1. The summed E-state index contributed by atoms with van der Waals surface area (Å²) in [7, 11) is 2.12. The van der Waals surface area contributed by atoms with Gasteiger partial charge < -0.3 is 5.73 Å². The lowest BCUT2D eigenvalue weighted by Gasteiger charge is -2.31. The van der Waals surface area contributed by atoms with Gasteiger partial charge in [-0.2, -0.15) is 0 Å². The summed E-state index contributed by atoms with van der Waals surface area (Å²) in [6, 6.07) is 13.0. The maximum absolute atomic E-state index is 6.19. The summed E-state index contributed by atoms with van der Waals surface area (Å²) in [6.45, 7) is 5.04. The Labute approximate surface area is 121 Å². The van der Waals surface area contributed by atoms with Crippen LogP contribution in [-0.4, -0.2) is 23.0 Å². The Morgan fingerprint density at radius 2 is 1.70 bits per heavy atom. The van der Waals surface area contributed by atoms with E-state index in [1.807, 2.05) is 24.5 Å². The van der Waals surface area contributed by atoms with Gasteiger partial charge in [-0.1, -0.05) is 29.8 Å². The Morgan fingerprint density at radius 1 is 1.10 bits per heavy atom. The maximum atomic E-state index is 6.19. The van der Waals surface area contributed by atoms with E-state index in [9.17, 15) is 0 Å². The SMILES string of the molecule is Cc1ccc(CN(C)C(c2ccncc2)C(C)N)cc1. The molecule has 0 saturated heterocycles. The molecule has 0 fully saturated rings. The minimum atomic E-state index is 0.0628. The molecule has 0 saturated carbocycles. The Kier molecular flexibility index (Phi) is 4.88. The van der Waals surface area contributed by atoms with Crippen LogP contribution in [0.1, 0.15) is 29.7 Å². The van der Waals surface area contributed by atoms with Crippen molar-refractivity contribution in [3.05, 3.63) is 65.5 Å². The molecule has 0 bridgehead atoms. The number of rotatable bonds is 5. The molecule has 20 heavy (non-hydrogen) atoms. The van der Waals surface area contributed by atoms with Crippen LogP contribution < -0.4 is 5.73 Å². The molecule has 3 heteroatoms. The second-order valence-corrected chi connectivity index (χ2v) is 5.49. The van der Waals surface area contributed by atoms with Gasteiger partial charge in [-0.05, 0) is 44.2 Å². The molecule has 2 aromatic rings. The van der Waals surface area contributed by atoms with Crippen LogP contribution in [0.25, 0.3) is 0 Å². The maximum Gasteiger partial charge on any atom is 0.0498 e. The average molecular weight is 269 g/mol. The van der Waals surface area contributed by atoms with E-state index in [2.05, 4.69) is 55.0 Å². The van der Waals surface area contributed by atoms with Gasteiger partial charge in [-0.3, -0.25) is 9.88 Å². The third kappa shape index (κ3) is 3.65. The van der Waals surface area contributed by atoms with E-state index in [0.717, 1.165) is 6.54 Å². The van der Waals surface area contributed by atoms with Crippen molar-refractivity contribution >= 4 is 0 Å². The third-order valence-corrected chi connectivity index (χ3v) is 3.57. The van der Waals surface area contributed by atoms with Crippen molar-refractivity contribution in [3.63, 3.8) is 0 Å². The predicted octanol–water partition coefficient (Wildman–Crippen LogP) is 2.91. The monoisotopic (exact) mass is 269 g/mol. The molecular formula is C17H23N3. The molecule has 0 aliphatic rings. The lowest BCUT2D eigenvalue weighted by molar-refractivity contribution is 0.211. The van der Waals surface area contributed by atoms with Crippen LogP contribution in [0.2, 0.25) is 0 Å². The van der Waals surface area contributed by atoms with E-state index in [4.69, 9.17) is 5.73 Å². The van der Waals surface area contributed by atoms with Crippen molar-refractivity contribution in [3.8, 4) is 0 Å². The van der Waals surface area contributed by atoms with Gasteiger partial charge >= 0.3 is 0 Å². The summed E-state index contributed by atoms with van der Waals surface area (Å²) in [5, 5.41) is 0. The first-order valence-corrected chi connectivity index (χ1v) is 6.99. The van der Waals surface area contributed by atoms with E-state index in [1.165, 1.54) is 16.7 Å². The summed E-state index contributed by atoms with van der Waals surface area (Å²) < 4.78 is 0. The van der Waals surface area contributed by atoms with Gasteiger partial charge in [0.05, 0.1) is 0 Å². The smallest absolute Gasteiger partial charge is 0.0498 e. The Bertz CT molecular complexity index is 520. The predicted molar refractivity (Wildman–Crippen MR) is 83.3 cm³/mol. The number of nitrogens with zero attached hydrogens (tertiary/aromatic N) is 2. The summed E-state index contributed by atoms with van der Waals surface area (Å²) >= 11 is 0. The first-order valence-electron chi connectivity index (χ1n) is 6.99. The lowest BCUT2D eigenvalue weighted by Crippen LogP contribution is -2.36. The highest BCUT2D eigenvalue weighted by Crippen LogP contribution is 2.23. The fraction of sp³-hybridized carbons (Fsp3) is 0.353. The molecule has 0 radical (unpaired) electrons. The molecule has 0 aliphatic heterocycles. The number of hydrogen-bond acceptors (Lipinski definition) is 3. The van der Waals surface area contributed by atoms with Crippen molar-refractivity contribution in [2.75, 3.05) is 7.05 Å². The van der Waals surface area contributed by atoms with Gasteiger partial charge in [0.15, 0.2) is 0 Å². The summed E-state index contributed by atoms with van der Waals surface area (Å²) in [6.07, 6.45) is 3.65. The Morgan fingerprint density at radius 3 is 2.25 bits per heavy atom. The molecule has 2 N–H and O–H groups in total. The fourth-order valence-corrected chi connectivity index (χ4v) is 2.60. The molecule has 3 nitrogen and oxygen atoms in total. The zero-order chi connectivity index (χ0) is 14.5. The second-order valence-electron chi connectivity index (χ2n) is 5.49. The van der Waals surface area contributed by atoms with Crippen molar-refractivity contribution in [1.82, 2.24) is 9.88 Å². The third-order valence-electron chi connectivity index (χ3n) is 3.57. The van der Waals surface area contributed by atoms with Crippen molar-refractivity contribution in [2.24, 2.45) is 5.73 Å². The fourth-order valence-electron chi connectivity index (χ4n) is 2.60. The van der Waals surface area contributed by atoms with Crippen LogP contribution in [0.15, 0.2) is 48.8 Å². The Hall–Kier alpha value is -1.71. The van der Waals surface area contributed by atoms with Gasteiger partial charge in [0.25, 0.3) is 0 Å². The molecule has 1 heterocycles. The van der Waals surface area contributed by atoms with E-state index in [0.29, 0.717) is 0 Å². The molecule has 1 aromatic carbocycles. The molecule has 2 rings (SSSR count).